The maximum absolute atomic E-state index is 12.0. The Hall–Kier alpha value is -2.08. The topological polar surface area (TPSA) is 95.7 Å². The minimum atomic E-state index is -0.586. The van der Waals surface area contributed by atoms with Gasteiger partial charge in [0, 0.05) is 19.2 Å². The number of carbonyl (C=O) groups is 2. The van der Waals surface area contributed by atoms with Crippen LogP contribution in [-0.4, -0.2) is 41.6 Å². The third-order valence-corrected chi connectivity index (χ3v) is 2.91. The molecule has 0 saturated heterocycles. The maximum atomic E-state index is 12.0. The zero-order chi connectivity index (χ0) is 14.4. The van der Waals surface area contributed by atoms with E-state index in [0.29, 0.717) is 12.1 Å². The van der Waals surface area contributed by atoms with E-state index in [1.165, 1.54) is 4.90 Å². The van der Waals surface area contributed by atoms with Crippen LogP contribution in [0.25, 0.3) is 0 Å². The van der Waals surface area contributed by atoms with Gasteiger partial charge in [-0.15, -0.1) is 0 Å². The van der Waals surface area contributed by atoms with E-state index >= 15 is 0 Å². The van der Waals surface area contributed by atoms with E-state index in [4.69, 9.17) is 10.8 Å². The van der Waals surface area contributed by atoms with Crippen LogP contribution in [0.15, 0.2) is 24.3 Å². The molecule has 0 radical (unpaired) electrons. The van der Waals surface area contributed by atoms with Crippen LogP contribution in [-0.2, 0) is 6.54 Å². The highest BCUT2D eigenvalue weighted by atomic mass is 16.3. The number of carbonyl (C=O) groups excluding carboxylic acids is 2. The van der Waals surface area contributed by atoms with E-state index in [9.17, 15) is 9.59 Å². The summed E-state index contributed by atoms with van der Waals surface area (Å²) in [5, 5.41) is 11.5. The normalized spacial score (nSPS) is 11.7. The minimum absolute atomic E-state index is 0.0805. The van der Waals surface area contributed by atoms with Crippen LogP contribution in [0.2, 0.25) is 0 Å². The predicted octanol–water partition coefficient (Wildman–Crippen LogP) is 0.308. The molecule has 0 aliphatic carbocycles. The Bertz CT molecular complexity index is 445. The fourth-order valence-electron chi connectivity index (χ4n) is 1.48. The molecular formula is C13H19N3O3. The van der Waals surface area contributed by atoms with Gasteiger partial charge in [-0.05, 0) is 24.6 Å². The maximum Gasteiger partial charge on any atom is 0.312 e. The highest BCUT2D eigenvalue weighted by Gasteiger charge is 2.16. The molecule has 1 aromatic carbocycles. The second-order valence-electron chi connectivity index (χ2n) is 4.36. The van der Waals surface area contributed by atoms with E-state index in [-0.39, 0.29) is 18.6 Å². The fourth-order valence-corrected chi connectivity index (χ4v) is 1.48. The quantitative estimate of drug-likeness (QED) is 0.714. The van der Waals surface area contributed by atoms with Crippen LogP contribution in [0.4, 0.5) is 4.79 Å². The van der Waals surface area contributed by atoms with Gasteiger partial charge in [0.2, 0.25) is 0 Å². The van der Waals surface area contributed by atoms with Crippen molar-refractivity contribution >= 4 is 11.9 Å². The van der Waals surface area contributed by atoms with Crippen LogP contribution in [0, 0.1) is 0 Å². The molecule has 1 aromatic rings. The number of hydrogen-bond acceptors (Lipinski definition) is 3. The van der Waals surface area contributed by atoms with E-state index in [1.54, 1.807) is 38.2 Å². The second-order valence-corrected chi connectivity index (χ2v) is 4.36. The Labute approximate surface area is 112 Å². The van der Waals surface area contributed by atoms with Crippen molar-refractivity contribution in [1.29, 1.82) is 0 Å². The van der Waals surface area contributed by atoms with Crippen LogP contribution >= 0.6 is 0 Å². The number of rotatable bonds is 5. The van der Waals surface area contributed by atoms with Gasteiger partial charge in [0.25, 0.3) is 5.91 Å². The average molecular weight is 265 g/mol. The second kappa shape index (κ2) is 6.75. The molecule has 1 unspecified atom stereocenters. The standard InChI is InChI=1S/C13H19N3O3/c1-9(8-17)16(2)12(18)11-5-3-10(4-6-11)7-15-13(14)19/h3-6,9,17H,7-8H2,1-2H3,(H3,14,15,19). The number of benzene rings is 1. The average Bonchev–Trinajstić information content (AvgIpc) is 2.43. The third kappa shape index (κ3) is 4.26. The van der Waals surface area contributed by atoms with Crippen LogP contribution in [0.5, 0.6) is 0 Å². The molecule has 0 aromatic heterocycles. The Morgan fingerprint density at radius 2 is 1.95 bits per heavy atom. The summed E-state index contributed by atoms with van der Waals surface area (Å²) < 4.78 is 0. The summed E-state index contributed by atoms with van der Waals surface area (Å²) in [5.41, 5.74) is 6.36. The largest absolute Gasteiger partial charge is 0.394 e. The van der Waals surface area contributed by atoms with Gasteiger partial charge in [-0.3, -0.25) is 4.79 Å². The van der Waals surface area contributed by atoms with Crippen LogP contribution in [0.1, 0.15) is 22.8 Å². The van der Waals surface area contributed by atoms with Gasteiger partial charge >= 0.3 is 6.03 Å². The number of urea groups is 1. The van der Waals surface area contributed by atoms with Crippen molar-refractivity contribution in [3.63, 3.8) is 0 Å². The first-order valence-corrected chi connectivity index (χ1v) is 5.96. The monoisotopic (exact) mass is 265 g/mol. The number of hydrogen-bond donors (Lipinski definition) is 3. The molecule has 3 amide bonds. The van der Waals surface area contributed by atoms with Crippen molar-refractivity contribution in [1.82, 2.24) is 10.2 Å². The Morgan fingerprint density at radius 3 is 2.42 bits per heavy atom. The summed E-state index contributed by atoms with van der Waals surface area (Å²) in [6.07, 6.45) is 0. The summed E-state index contributed by atoms with van der Waals surface area (Å²) in [4.78, 5) is 24.1. The van der Waals surface area contributed by atoms with Crippen molar-refractivity contribution in [2.24, 2.45) is 5.73 Å². The molecular weight excluding hydrogens is 246 g/mol. The highest BCUT2D eigenvalue weighted by Crippen LogP contribution is 2.09. The first-order valence-electron chi connectivity index (χ1n) is 5.96. The van der Waals surface area contributed by atoms with Crippen LogP contribution < -0.4 is 11.1 Å². The van der Waals surface area contributed by atoms with Gasteiger partial charge in [-0.1, -0.05) is 12.1 Å². The van der Waals surface area contributed by atoms with Crippen molar-refractivity contribution < 1.29 is 14.7 Å². The van der Waals surface area contributed by atoms with Gasteiger partial charge in [-0.2, -0.15) is 0 Å². The molecule has 19 heavy (non-hydrogen) atoms. The summed E-state index contributed by atoms with van der Waals surface area (Å²) >= 11 is 0. The van der Waals surface area contributed by atoms with Gasteiger partial charge in [0.05, 0.1) is 12.6 Å². The Kier molecular flexibility index (Phi) is 5.32. The van der Waals surface area contributed by atoms with Crippen LogP contribution in [0.3, 0.4) is 0 Å². The molecule has 0 heterocycles. The molecule has 0 saturated carbocycles. The molecule has 6 nitrogen and oxygen atoms in total. The first kappa shape index (κ1) is 15.0. The number of nitrogens with zero attached hydrogens (tertiary/aromatic N) is 1. The van der Waals surface area contributed by atoms with E-state index in [2.05, 4.69) is 5.32 Å². The smallest absolute Gasteiger partial charge is 0.312 e. The third-order valence-electron chi connectivity index (χ3n) is 2.91. The molecule has 1 atom stereocenters. The number of nitrogens with one attached hydrogen (secondary N) is 1. The van der Waals surface area contributed by atoms with Crippen molar-refractivity contribution in [2.75, 3.05) is 13.7 Å². The van der Waals surface area contributed by atoms with Gasteiger partial charge in [-0.25, -0.2) is 4.79 Å². The summed E-state index contributed by atoms with van der Waals surface area (Å²) in [5.74, 6) is -0.157. The Morgan fingerprint density at radius 1 is 1.37 bits per heavy atom. The fraction of sp³-hybridized carbons (Fsp3) is 0.385. The first-order chi connectivity index (χ1) is 8.95. The molecule has 6 heteroatoms. The summed E-state index contributed by atoms with van der Waals surface area (Å²) in [7, 11) is 1.64. The van der Waals surface area contributed by atoms with E-state index < -0.39 is 6.03 Å². The van der Waals surface area contributed by atoms with Gasteiger partial charge in [0.1, 0.15) is 0 Å². The van der Waals surface area contributed by atoms with Crippen molar-refractivity contribution in [3.05, 3.63) is 35.4 Å². The zero-order valence-electron chi connectivity index (χ0n) is 11.1. The highest BCUT2D eigenvalue weighted by molar-refractivity contribution is 5.94. The molecule has 0 aliphatic rings. The minimum Gasteiger partial charge on any atom is -0.394 e. The number of primary amides is 1. The molecule has 0 aliphatic heterocycles. The Balaban J connectivity index is 2.70. The van der Waals surface area contributed by atoms with Gasteiger partial charge in [0.15, 0.2) is 0 Å². The number of amides is 3. The van der Waals surface area contributed by atoms with E-state index in [1.807, 2.05) is 0 Å². The number of aliphatic hydroxyl groups excluding tert-OH is 1. The van der Waals surface area contributed by atoms with E-state index in [0.717, 1.165) is 5.56 Å². The lowest BCUT2D eigenvalue weighted by Gasteiger charge is -2.23. The van der Waals surface area contributed by atoms with Crippen molar-refractivity contribution in [3.8, 4) is 0 Å². The van der Waals surface area contributed by atoms with Gasteiger partial charge < -0.3 is 21.1 Å². The molecule has 0 fully saturated rings. The SMILES string of the molecule is CC(CO)N(C)C(=O)c1ccc(CNC(N)=O)cc1. The zero-order valence-corrected chi connectivity index (χ0v) is 11.1. The van der Waals surface area contributed by atoms with Crippen molar-refractivity contribution in [2.45, 2.75) is 19.5 Å². The lowest BCUT2D eigenvalue weighted by molar-refractivity contribution is 0.0682. The predicted molar refractivity (Wildman–Crippen MR) is 71.5 cm³/mol. The molecule has 0 bridgehead atoms. The molecule has 1 rings (SSSR count). The number of likely N-dealkylation sites (N-methyl/N-ethyl adjacent to an activating group) is 1. The summed E-state index contributed by atoms with van der Waals surface area (Å²) in [6, 6.07) is 6.05. The number of aliphatic hydroxyl groups is 1. The lowest BCUT2D eigenvalue weighted by atomic mass is 10.1. The number of nitrogens with two attached hydrogens (primary N) is 1. The molecule has 0 spiro atoms. The summed E-state index contributed by atoms with van der Waals surface area (Å²) in [6.45, 7) is 2.01. The molecule has 104 valence electrons. The molecule has 4 N–H and O–H groups in total. The lowest BCUT2D eigenvalue weighted by Crippen LogP contribution is -2.37.